The number of hydrogen-bond acceptors (Lipinski definition) is 5. The molecule has 130 valence electrons. The SMILES string of the molecule is COC(=O)C[C@@H]1C(=O)NCCN1C(=O)COc1ccc(F)cc1Cl. The molecule has 1 atom stereocenters. The molecule has 1 saturated heterocycles. The van der Waals surface area contributed by atoms with E-state index in [2.05, 4.69) is 10.1 Å². The van der Waals surface area contributed by atoms with Crippen LogP contribution in [0.5, 0.6) is 5.75 Å². The van der Waals surface area contributed by atoms with Gasteiger partial charge in [0.05, 0.1) is 18.6 Å². The molecule has 0 aliphatic carbocycles. The predicted molar refractivity (Wildman–Crippen MR) is 82.0 cm³/mol. The minimum atomic E-state index is -0.953. The van der Waals surface area contributed by atoms with Gasteiger partial charge in [0.2, 0.25) is 5.91 Å². The van der Waals surface area contributed by atoms with Crippen molar-refractivity contribution in [2.75, 3.05) is 26.8 Å². The minimum absolute atomic E-state index is 0.0327. The van der Waals surface area contributed by atoms with E-state index in [9.17, 15) is 18.8 Å². The Hall–Kier alpha value is -2.35. The number of rotatable bonds is 5. The third kappa shape index (κ3) is 4.35. The van der Waals surface area contributed by atoms with Crippen LogP contribution in [-0.2, 0) is 19.1 Å². The van der Waals surface area contributed by atoms with Gasteiger partial charge in [-0.2, -0.15) is 0 Å². The van der Waals surface area contributed by atoms with E-state index in [-0.39, 0.29) is 30.3 Å². The summed E-state index contributed by atoms with van der Waals surface area (Å²) >= 11 is 5.82. The number of hydrogen-bond donors (Lipinski definition) is 1. The van der Waals surface area contributed by atoms with Crippen molar-refractivity contribution < 1.29 is 28.2 Å². The molecule has 1 aliphatic heterocycles. The Morgan fingerprint density at radius 2 is 2.21 bits per heavy atom. The van der Waals surface area contributed by atoms with Gasteiger partial charge < -0.3 is 19.7 Å². The van der Waals surface area contributed by atoms with Crippen molar-refractivity contribution in [1.82, 2.24) is 10.2 Å². The highest BCUT2D eigenvalue weighted by atomic mass is 35.5. The number of methoxy groups -OCH3 is 1. The van der Waals surface area contributed by atoms with E-state index in [0.717, 1.165) is 12.1 Å². The zero-order chi connectivity index (χ0) is 17.7. The van der Waals surface area contributed by atoms with Crippen LogP contribution in [0.3, 0.4) is 0 Å². The summed E-state index contributed by atoms with van der Waals surface area (Å²) in [7, 11) is 1.20. The van der Waals surface area contributed by atoms with Gasteiger partial charge in [-0.1, -0.05) is 11.6 Å². The van der Waals surface area contributed by atoms with E-state index in [0.29, 0.717) is 0 Å². The zero-order valence-corrected chi connectivity index (χ0v) is 13.6. The summed E-state index contributed by atoms with van der Waals surface area (Å²) in [4.78, 5) is 36.9. The maximum absolute atomic E-state index is 13.0. The highest BCUT2D eigenvalue weighted by Crippen LogP contribution is 2.25. The summed E-state index contributed by atoms with van der Waals surface area (Å²) in [6.07, 6.45) is -0.245. The number of esters is 1. The number of halogens is 2. The summed E-state index contributed by atoms with van der Waals surface area (Å²) < 4.78 is 22.8. The van der Waals surface area contributed by atoms with Crippen molar-refractivity contribution >= 4 is 29.4 Å². The van der Waals surface area contributed by atoms with Crippen molar-refractivity contribution in [3.63, 3.8) is 0 Å². The Balaban J connectivity index is 2.03. The van der Waals surface area contributed by atoms with Crippen LogP contribution in [0.1, 0.15) is 6.42 Å². The van der Waals surface area contributed by atoms with E-state index in [1.165, 1.54) is 18.1 Å². The quantitative estimate of drug-likeness (QED) is 0.785. The summed E-state index contributed by atoms with van der Waals surface area (Å²) in [6, 6.07) is 2.57. The lowest BCUT2D eigenvalue weighted by Gasteiger charge is -2.34. The van der Waals surface area contributed by atoms with Crippen LogP contribution >= 0.6 is 11.6 Å². The fraction of sp³-hybridized carbons (Fsp3) is 0.400. The van der Waals surface area contributed by atoms with Gasteiger partial charge in [-0.05, 0) is 18.2 Å². The second kappa shape index (κ2) is 7.96. The van der Waals surface area contributed by atoms with E-state index >= 15 is 0 Å². The number of piperazine rings is 1. The molecule has 1 aromatic carbocycles. The summed E-state index contributed by atoms with van der Waals surface area (Å²) in [5.41, 5.74) is 0. The fourth-order valence-electron chi connectivity index (χ4n) is 2.27. The van der Waals surface area contributed by atoms with E-state index in [4.69, 9.17) is 16.3 Å². The first kappa shape index (κ1) is 18.0. The molecule has 0 saturated carbocycles. The normalized spacial score (nSPS) is 17.2. The largest absolute Gasteiger partial charge is 0.482 e. The number of nitrogens with one attached hydrogen (secondary N) is 1. The first-order chi connectivity index (χ1) is 11.4. The molecule has 24 heavy (non-hydrogen) atoms. The molecule has 0 spiro atoms. The van der Waals surface area contributed by atoms with Gasteiger partial charge in [0.15, 0.2) is 6.61 Å². The fourth-order valence-corrected chi connectivity index (χ4v) is 2.49. The predicted octanol–water partition coefficient (Wildman–Crippen LogP) is 0.748. The Bertz CT molecular complexity index is 655. The van der Waals surface area contributed by atoms with Crippen LogP contribution in [-0.4, -0.2) is 55.5 Å². The zero-order valence-electron chi connectivity index (χ0n) is 12.9. The summed E-state index contributed by atoms with van der Waals surface area (Å²) in [5, 5.41) is 2.62. The number of amides is 2. The molecule has 1 fully saturated rings. The molecule has 0 unspecified atom stereocenters. The highest BCUT2D eigenvalue weighted by Gasteiger charge is 2.35. The molecule has 1 N–H and O–H groups in total. The maximum Gasteiger partial charge on any atom is 0.308 e. The van der Waals surface area contributed by atoms with Gasteiger partial charge >= 0.3 is 5.97 Å². The third-order valence-corrected chi connectivity index (χ3v) is 3.78. The van der Waals surface area contributed by atoms with Gasteiger partial charge in [-0.15, -0.1) is 0 Å². The maximum atomic E-state index is 13.0. The Morgan fingerprint density at radius 1 is 1.46 bits per heavy atom. The van der Waals surface area contributed by atoms with Crippen LogP contribution in [0.4, 0.5) is 4.39 Å². The molecule has 1 aliphatic rings. The number of carbonyl (C=O) groups is 3. The van der Waals surface area contributed by atoms with Crippen molar-refractivity contribution in [1.29, 1.82) is 0 Å². The molecule has 1 heterocycles. The molecule has 0 bridgehead atoms. The Kier molecular flexibility index (Phi) is 5.97. The Labute approximate surface area is 142 Å². The minimum Gasteiger partial charge on any atom is -0.482 e. The highest BCUT2D eigenvalue weighted by molar-refractivity contribution is 6.32. The summed E-state index contributed by atoms with van der Waals surface area (Å²) in [5.74, 6) is -1.89. The number of ether oxygens (including phenoxy) is 2. The van der Waals surface area contributed by atoms with Crippen LogP contribution < -0.4 is 10.1 Å². The lowest BCUT2D eigenvalue weighted by atomic mass is 10.1. The van der Waals surface area contributed by atoms with E-state index in [1.807, 2.05) is 0 Å². The van der Waals surface area contributed by atoms with Crippen molar-refractivity contribution in [3.05, 3.63) is 29.0 Å². The molecule has 2 amide bonds. The molecular weight excluding hydrogens is 343 g/mol. The molecule has 0 radical (unpaired) electrons. The average molecular weight is 359 g/mol. The van der Waals surface area contributed by atoms with Crippen molar-refractivity contribution in [3.8, 4) is 5.75 Å². The van der Waals surface area contributed by atoms with Crippen LogP contribution in [0.15, 0.2) is 18.2 Å². The summed E-state index contributed by atoms with van der Waals surface area (Å²) in [6.45, 7) is 0.128. The number of nitrogens with zero attached hydrogens (tertiary/aromatic N) is 1. The lowest BCUT2D eigenvalue weighted by Crippen LogP contribution is -2.58. The molecule has 7 nitrogen and oxygen atoms in total. The topological polar surface area (TPSA) is 84.9 Å². The van der Waals surface area contributed by atoms with Crippen LogP contribution in [0.25, 0.3) is 0 Å². The third-order valence-electron chi connectivity index (χ3n) is 3.48. The molecular formula is C15H16ClFN2O5. The number of benzene rings is 1. The van der Waals surface area contributed by atoms with Crippen molar-refractivity contribution in [2.24, 2.45) is 0 Å². The van der Waals surface area contributed by atoms with Gasteiger partial charge in [-0.25, -0.2) is 4.39 Å². The average Bonchev–Trinajstić information content (AvgIpc) is 2.55. The first-order valence-electron chi connectivity index (χ1n) is 7.14. The van der Waals surface area contributed by atoms with Gasteiger partial charge in [0.25, 0.3) is 5.91 Å². The molecule has 1 aromatic rings. The second-order valence-corrected chi connectivity index (χ2v) is 5.44. The van der Waals surface area contributed by atoms with E-state index in [1.54, 1.807) is 0 Å². The van der Waals surface area contributed by atoms with Gasteiger partial charge in [-0.3, -0.25) is 14.4 Å². The van der Waals surface area contributed by atoms with Crippen LogP contribution in [0.2, 0.25) is 5.02 Å². The van der Waals surface area contributed by atoms with Crippen molar-refractivity contribution in [2.45, 2.75) is 12.5 Å². The smallest absolute Gasteiger partial charge is 0.308 e. The lowest BCUT2D eigenvalue weighted by molar-refractivity contribution is -0.151. The van der Waals surface area contributed by atoms with Gasteiger partial charge in [0.1, 0.15) is 17.6 Å². The molecule has 2 rings (SSSR count). The standard InChI is InChI=1S/C15H16ClFN2O5/c1-23-14(21)7-11-15(22)18-4-5-19(11)13(20)8-24-12-3-2-9(17)6-10(12)16/h2-3,6,11H,4-5,7-8H2,1H3,(H,18,22)/t11-/m1/s1. The number of carbonyl (C=O) groups excluding carboxylic acids is 3. The van der Waals surface area contributed by atoms with Crippen LogP contribution in [0, 0.1) is 5.82 Å². The molecule has 9 heteroatoms. The van der Waals surface area contributed by atoms with E-state index < -0.39 is 36.2 Å². The second-order valence-electron chi connectivity index (χ2n) is 5.04. The van der Waals surface area contributed by atoms with Gasteiger partial charge in [0, 0.05) is 13.1 Å². The monoisotopic (exact) mass is 358 g/mol. The first-order valence-corrected chi connectivity index (χ1v) is 7.52. The Morgan fingerprint density at radius 3 is 2.88 bits per heavy atom. The molecule has 0 aromatic heterocycles.